The number of carbonyl (C=O) groups is 1. The molecular weight excluding hydrogens is 378 g/mol. The molecule has 1 aliphatic carbocycles. The maximum Gasteiger partial charge on any atom is 0.255 e. The molecule has 8 heteroatoms. The van der Waals surface area contributed by atoms with Gasteiger partial charge in [0.1, 0.15) is 11.3 Å². The molecule has 2 aliphatic rings. The van der Waals surface area contributed by atoms with Crippen LogP contribution < -0.4 is 20.1 Å². The Hall–Kier alpha value is -1.64. The van der Waals surface area contributed by atoms with Gasteiger partial charge in [0, 0.05) is 12.8 Å². The summed E-state index contributed by atoms with van der Waals surface area (Å²) in [4.78, 5) is 14.5. The number of primary sulfonamides is 1. The van der Waals surface area contributed by atoms with Crippen molar-refractivity contribution in [1.82, 2.24) is 5.32 Å². The van der Waals surface area contributed by atoms with Gasteiger partial charge in [-0.3, -0.25) is 4.79 Å². The number of ether oxygens (including phenoxy) is 1. The highest BCUT2D eigenvalue weighted by atomic mass is 32.2. The number of hydrogen-bond acceptors (Lipinski definition) is 4. The molecule has 1 heterocycles. The molecule has 1 aromatic rings. The minimum atomic E-state index is -3.89. The fraction of sp³-hybridized carbons (Fsp3) is 0.650. The van der Waals surface area contributed by atoms with Crippen molar-refractivity contribution in [3.63, 3.8) is 0 Å². The number of sulfonamides is 1. The molecule has 7 nitrogen and oxygen atoms in total. The normalized spacial score (nSPS) is 20.5. The van der Waals surface area contributed by atoms with E-state index >= 15 is 0 Å². The van der Waals surface area contributed by atoms with Gasteiger partial charge in [0.2, 0.25) is 10.0 Å². The summed E-state index contributed by atoms with van der Waals surface area (Å²) in [5, 5.41) is 8.31. The lowest BCUT2D eigenvalue weighted by molar-refractivity contribution is -0.957. The monoisotopic (exact) mass is 410 g/mol. The summed E-state index contributed by atoms with van der Waals surface area (Å²) in [5.74, 6) is 0.0246. The molecule has 1 saturated carbocycles. The van der Waals surface area contributed by atoms with Crippen molar-refractivity contribution in [3.05, 3.63) is 23.8 Å². The first-order chi connectivity index (χ1) is 13.4. The average Bonchev–Trinajstić information content (AvgIpc) is 2.72. The third-order valence-electron chi connectivity index (χ3n) is 6.35. The number of likely N-dealkylation sites (tertiary alicyclic amines) is 1. The van der Waals surface area contributed by atoms with Crippen molar-refractivity contribution in [2.24, 2.45) is 5.14 Å². The van der Waals surface area contributed by atoms with Crippen molar-refractivity contribution in [2.75, 3.05) is 26.7 Å². The molecule has 0 aromatic heterocycles. The molecule has 3 rings (SSSR count). The van der Waals surface area contributed by atoms with Crippen LogP contribution in [0.1, 0.15) is 61.7 Å². The molecule has 1 saturated heterocycles. The van der Waals surface area contributed by atoms with E-state index in [0.717, 1.165) is 12.8 Å². The number of rotatable bonds is 6. The second-order valence-corrected chi connectivity index (χ2v) is 9.66. The summed E-state index contributed by atoms with van der Waals surface area (Å²) in [6, 6.07) is 4.12. The van der Waals surface area contributed by atoms with Gasteiger partial charge in [-0.15, -0.1) is 0 Å². The van der Waals surface area contributed by atoms with Crippen LogP contribution in [0.2, 0.25) is 0 Å². The molecule has 0 atom stereocenters. The van der Waals surface area contributed by atoms with Crippen molar-refractivity contribution in [1.29, 1.82) is 0 Å². The molecule has 0 spiro atoms. The highest BCUT2D eigenvalue weighted by Crippen LogP contribution is 2.27. The third kappa shape index (κ3) is 4.67. The Labute approximate surface area is 167 Å². The lowest BCUT2D eigenvalue weighted by Crippen LogP contribution is -3.22. The summed E-state index contributed by atoms with van der Waals surface area (Å²) in [6.07, 6.45) is 9.68. The van der Waals surface area contributed by atoms with Gasteiger partial charge in [-0.1, -0.05) is 6.42 Å². The zero-order valence-corrected chi connectivity index (χ0v) is 17.4. The number of nitrogens with two attached hydrogens (primary N) is 1. The predicted octanol–water partition coefficient (Wildman–Crippen LogP) is 0.844. The molecule has 1 aromatic carbocycles. The van der Waals surface area contributed by atoms with E-state index in [1.165, 1.54) is 76.9 Å². The smallest absolute Gasteiger partial charge is 0.255 e. The highest BCUT2D eigenvalue weighted by Gasteiger charge is 2.42. The molecule has 0 radical (unpaired) electrons. The van der Waals surface area contributed by atoms with Gasteiger partial charge in [0.25, 0.3) is 5.91 Å². The number of hydrogen-bond donors (Lipinski definition) is 3. The lowest BCUT2D eigenvalue weighted by atomic mass is 9.79. The Morgan fingerprint density at radius 2 is 1.79 bits per heavy atom. The van der Waals surface area contributed by atoms with Gasteiger partial charge in [0.05, 0.1) is 37.2 Å². The summed E-state index contributed by atoms with van der Waals surface area (Å²) in [6.45, 7) is 2.93. The van der Waals surface area contributed by atoms with E-state index in [2.05, 4.69) is 5.32 Å². The van der Waals surface area contributed by atoms with Crippen molar-refractivity contribution < 1.29 is 22.8 Å². The van der Waals surface area contributed by atoms with Gasteiger partial charge in [-0.05, 0) is 50.3 Å². The van der Waals surface area contributed by atoms with Crippen LogP contribution in [0.3, 0.4) is 0 Å². The molecule has 156 valence electrons. The summed E-state index contributed by atoms with van der Waals surface area (Å²) >= 11 is 0. The van der Waals surface area contributed by atoms with Crippen LogP contribution in [-0.2, 0) is 10.0 Å². The van der Waals surface area contributed by atoms with Crippen LogP contribution in [-0.4, -0.2) is 46.6 Å². The van der Waals surface area contributed by atoms with Gasteiger partial charge in [-0.25, -0.2) is 13.6 Å². The van der Waals surface area contributed by atoms with E-state index in [9.17, 15) is 13.2 Å². The number of amides is 1. The minimum absolute atomic E-state index is 0.0825. The SMILES string of the molecule is COc1ccc(S(N)(=O)=O)cc1C(=O)NCC1([NH+]2CCCCC2)CCCCC1. The Bertz CT molecular complexity index is 798. The third-order valence-corrected chi connectivity index (χ3v) is 7.26. The van der Waals surface area contributed by atoms with Crippen molar-refractivity contribution in [3.8, 4) is 5.75 Å². The Balaban J connectivity index is 1.79. The standard InChI is InChI=1S/C20H31N3O4S/c1-27-18-9-8-16(28(21,25)26)14-17(18)19(24)22-15-20(10-4-2-5-11-20)23-12-6-3-7-13-23/h8-9,14H,2-7,10-13,15H2,1H3,(H,22,24)(H2,21,25,26)/p+1. The molecule has 1 amide bonds. The number of methoxy groups -OCH3 is 1. The Morgan fingerprint density at radius 3 is 2.39 bits per heavy atom. The predicted molar refractivity (Wildman–Crippen MR) is 107 cm³/mol. The van der Waals surface area contributed by atoms with Crippen molar-refractivity contribution >= 4 is 15.9 Å². The van der Waals surface area contributed by atoms with E-state index in [1.54, 1.807) is 4.90 Å². The van der Waals surface area contributed by atoms with Crippen LogP contribution in [0.15, 0.2) is 23.1 Å². The number of quaternary nitrogens is 1. The number of benzene rings is 1. The fourth-order valence-corrected chi connectivity index (χ4v) is 5.32. The fourth-order valence-electron chi connectivity index (χ4n) is 4.78. The topological polar surface area (TPSA) is 103 Å². The van der Waals surface area contributed by atoms with Crippen LogP contribution >= 0.6 is 0 Å². The molecule has 2 fully saturated rings. The maximum absolute atomic E-state index is 12.9. The second kappa shape index (κ2) is 8.80. The lowest BCUT2D eigenvalue weighted by Gasteiger charge is -2.45. The first kappa shape index (κ1) is 21.1. The van der Waals surface area contributed by atoms with E-state index in [-0.39, 0.29) is 21.9 Å². The Kier molecular flexibility index (Phi) is 6.62. The maximum atomic E-state index is 12.9. The van der Waals surface area contributed by atoms with E-state index in [0.29, 0.717) is 12.3 Å². The molecular formula is C20H32N3O4S+. The van der Waals surface area contributed by atoms with Gasteiger partial charge in [0.15, 0.2) is 0 Å². The van der Waals surface area contributed by atoms with Gasteiger partial charge >= 0.3 is 0 Å². The van der Waals surface area contributed by atoms with Crippen LogP contribution in [0.25, 0.3) is 0 Å². The largest absolute Gasteiger partial charge is 0.496 e. The second-order valence-electron chi connectivity index (χ2n) is 8.09. The van der Waals surface area contributed by atoms with E-state index in [1.807, 2.05) is 0 Å². The highest BCUT2D eigenvalue weighted by molar-refractivity contribution is 7.89. The van der Waals surface area contributed by atoms with E-state index < -0.39 is 10.0 Å². The first-order valence-electron chi connectivity index (χ1n) is 10.2. The van der Waals surface area contributed by atoms with Crippen LogP contribution in [0.5, 0.6) is 5.75 Å². The number of carbonyl (C=O) groups excluding carboxylic acids is 1. The summed E-state index contributed by atoms with van der Waals surface area (Å²) < 4.78 is 28.6. The number of piperidine rings is 1. The molecule has 4 N–H and O–H groups in total. The van der Waals surface area contributed by atoms with Gasteiger partial charge < -0.3 is 15.0 Å². The van der Waals surface area contributed by atoms with Crippen LogP contribution in [0.4, 0.5) is 0 Å². The Morgan fingerprint density at radius 1 is 1.14 bits per heavy atom. The van der Waals surface area contributed by atoms with Crippen LogP contribution in [0, 0.1) is 0 Å². The summed E-state index contributed by atoms with van der Waals surface area (Å²) in [5.41, 5.74) is 0.285. The molecule has 0 bridgehead atoms. The molecule has 1 aliphatic heterocycles. The summed E-state index contributed by atoms with van der Waals surface area (Å²) in [7, 11) is -2.43. The molecule has 0 unspecified atom stereocenters. The zero-order chi connectivity index (χ0) is 20.2. The first-order valence-corrected chi connectivity index (χ1v) is 11.7. The van der Waals surface area contributed by atoms with Gasteiger partial charge in [-0.2, -0.15) is 0 Å². The quantitative estimate of drug-likeness (QED) is 0.647. The molecule has 28 heavy (non-hydrogen) atoms. The van der Waals surface area contributed by atoms with Crippen molar-refractivity contribution in [2.45, 2.75) is 61.8 Å². The van der Waals surface area contributed by atoms with E-state index in [4.69, 9.17) is 9.88 Å². The number of nitrogens with one attached hydrogen (secondary N) is 2. The minimum Gasteiger partial charge on any atom is -0.496 e. The zero-order valence-electron chi connectivity index (χ0n) is 16.6. The average molecular weight is 411 g/mol.